The second-order valence-corrected chi connectivity index (χ2v) is 3.49. The third-order valence-electron chi connectivity index (χ3n) is 2.20. The number of nitrogen functional groups attached to an aromatic ring is 1. The van der Waals surface area contributed by atoms with E-state index in [1.807, 2.05) is 12.1 Å². The summed E-state index contributed by atoms with van der Waals surface area (Å²) in [5.41, 5.74) is 7.75. The molecular weight excluding hydrogens is 166 g/mol. The molecule has 0 saturated heterocycles. The summed E-state index contributed by atoms with van der Waals surface area (Å²) in [7, 11) is 0. The molecule has 0 radical (unpaired) electrons. The average molecular weight is 179 g/mol. The van der Waals surface area contributed by atoms with E-state index < -0.39 is 0 Å². The molecule has 0 atom stereocenters. The summed E-state index contributed by atoms with van der Waals surface area (Å²) in [6.45, 7) is 4.51. The summed E-state index contributed by atoms with van der Waals surface area (Å²) in [5, 5.41) is 0. The largest absolute Gasteiger partial charge is 0.454 e. The van der Waals surface area contributed by atoms with Gasteiger partial charge in [-0.05, 0) is 17.5 Å². The molecule has 1 aliphatic rings. The van der Waals surface area contributed by atoms with Crippen molar-refractivity contribution in [2.24, 2.45) is 0 Å². The van der Waals surface area contributed by atoms with Gasteiger partial charge < -0.3 is 15.2 Å². The molecule has 13 heavy (non-hydrogen) atoms. The first-order valence-electron chi connectivity index (χ1n) is 4.37. The second kappa shape index (κ2) is 2.83. The minimum atomic E-state index is 0.302. The Morgan fingerprint density at radius 1 is 1.23 bits per heavy atom. The van der Waals surface area contributed by atoms with Crippen molar-refractivity contribution < 1.29 is 9.47 Å². The fourth-order valence-corrected chi connectivity index (χ4v) is 1.47. The number of nitrogens with two attached hydrogens (primary N) is 1. The Hall–Kier alpha value is -1.38. The van der Waals surface area contributed by atoms with Crippen LogP contribution in [0.4, 0.5) is 5.69 Å². The fraction of sp³-hybridized carbons (Fsp3) is 0.400. The first kappa shape index (κ1) is 8.23. The van der Waals surface area contributed by atoms with Gasteiger partial charge in [0.2, 0.25) is 6.79 Å². The molecule has 0 spiro atoms. The zero-order valence-corrected chi connectivity index (χ0v) is 7.83. The Morgan fingerprint density at radius 3 is 2.46 bits per heavy atom. The number of hydrogen-bond donors (Lipinski definition) is 1. The van der Waals surface area contributed by atoms with Crippen LogP contribution in [0.2, 0.25) is 0 Å². The molecule has 0 saturated carbocycles. The smallest absolute Gasteiger partial charge is 0.231 e. The lowest BCUT2D eigenvalue weighted by atomic mass is 10.0. The van der Waals surface area contributed by atoms with E-state index in [0.717, 1.165) is 22.7 Å². The normalized spacial score (nSPS) is 13.8. The van der Waals surface area contributed by atoms with Gasteiger partial charge >= 0.3 is 0 Å². The molecule has 0 unspecified atom stereocenters. The Balaban J connectivity index is 2.49. The number of benzene rings is 1. The second-order valence-electron chi connectivity index (χ2n) is 3.49. The summed E-state index contributed by atoms with van der Waals surface area (Å²) in [6.07, 6.45) is 0. The van der Waals surface area contributed by atoms with Crippen molar-refractivity contribution in [1.82, 2.24) is 0 Å². The third kappa shape index (κ3) is 1.30. The van der Waals surface area contributed by atoms with E-state index in [9.17, 15) is 0 Å². The molecule has 0 aliphatic carbocycles. The van der Waals surface area contributed by atoms with Crippen LogP contribution in [0.5, 0.6) is 11.5 Å². The summed E-state index contributed by atoms with van der Waals surface area (Å²) in [4.78, 5) is 0. The van der Waals surface area contributed by atoms with Gasteiger partial charge in [0.25, 0.3) is 0 Å². The summed E-state index contributed by atoms with van der Waals surface area (Å²) in [6, 6.07) is 3.79. The Labute approximate surface area is 77.5 Å². The molecular formula is C10H13NO2. The van der Waals surface area contributed by atoms with E-state index in [4.69, 9.17) is 15.2 Å². The van der Waals surface area contributed by atoms with Crippen LogP contribution in [0, 0.1) is 0 Å². The number of fused-ring (bicyclic) bond motifs is 1. The van der Waals surface area contributed by atoms with Gasteiger partial charge in [-0.2, -0.15) is 0 Å². The highest BCUT2D eigenvalue weighted by atomic mass is 16.7. The molecule has 2 rings (SSSR count). The lowest BCUT2D eigenvalue weighted by molar-refractivity contribution is 0.174. The van der Waals surface area contributed by atoms with E-state index >= 15 is 0 Å². The van der Waals surface area contributed by atoms with E-state index in [-0.39, 0.29) is 0 Å². The van der Waals surface area contributed by atoms with Crippen molar-refractivity contribution in [1.29, 1.82) is 0 Å². The fourth-order valence-electron chi connectivity index (χ4n) is 1.47. The first-order valence-corrected chi connectivity index (χ1v) is 4.37. The van der Waals surface area contributed by atoms with Gasteiger partial charge in [-0.1, -0.05) is 13.8 Å². The zero-order chi connectivity index (χ0) is 9.42. The molecule has 1 aliphatic heterocycles. The highest BCUT2D eigenvalue weighted by Crippen LogP contribution is 2.38. The van der Waals surface area contributed by atoms with Gasteiger partial charge in [0.1, 0.15) is 0 Å². The number of hydrogen-bond acceptors (Lipinski definition) is 3. The minimum Gasteiger partial charge on any atom is -0.454 e. The predicted molar refractivity (Wildman–Crippen MR) is 51.1 cm³/mol. The molecule has 1 heterocycles. The quantitative estimate of drug-likeness (QED) is 0.671. The van der Waals surface area contributed by atoms with Crippen LogP contribution in [-0.2, 0) is 0 Å². The molecule has 1 aromatic carbocycles. The standard InChI is InChI=1S/C10H13NO2/c1-6(2)7-3-9-10(4-8(7)11)13-5-12-9/h3-4,6H,5,11H2,1-2H3. The summed E-state index contributed by atoms with van der Waals surface area (Å²) >= 11 is 0. The topological polar surface area (TPSA) is 44.5 Å². The number of anilines is 1. The van der Waals surface area contributed by atoms with Crippen molar-refractivity contribution in [3.63, 3.8) is 0 Å². The first-order chi connectivity index (χ1) is 6.18. The van der Waals surface area contributed by atoms with Gasteiger partial charge in [-0.25, -0.2) is 0 Å². The maximum Gasteiger partial charge on any atom is 0.231 e. The maximum atomic E-state index is 5.86. The van der Waals surface area contributed by atoms with Gasteiger partial charge in [0.05, 0.1) is 0 Å². The van der Waals surface area contributed by atoms with Crippen molar-refractivity contribution in [3.05, 3.63) is 17.7 Å². The zero-order valence-electron chi connectivity index (χ0n) is 7.83. The van der Waals surface area contributed by atoms with Crippen molar-refractivity contribution in [2.45, 2.75) is 19.8 Å². The molecule has 0 amide bonds. The molecule has 0 bridgehead atoms. The average Bonchev–Trinajstić information content (AvgIpc) is 2.48. The highest BCUT2D eigenvalue weighted by Gasteiger charge is 2.16. The minimum absolute atomic E-state index is 0.302. The molecule has 2 N–H and O–H groups in total. The highest BCUT2D eigenvalue weighted by molar-refractivity contribution is 5.59. The van der Waals surface area contributed by atoms with Gasteiger partial charge in [0.15, 0.2) is 11.5 Å². The van der Waals surface area contributed by atoms with Crippen LogP contribution in [0.25, 0.3) is 0 Å². The Morgan fingerprint density at radius 2 is 1.85 bits per heavy atom. The summed E-state index contributed by atoms with van der Waals surface area (Å²) in [5.74, 6) is 1.97. The number of rotatable bonds is 1. The van der Waals surface area contributed by atoms with Crippen LogP contribution >= 0.6 is 0 Å². The van der Waals surface area contributed by atoms with Crippen LogP contribution in [0.1, 0.15) is 25.3 Å². The molecule has 3 heteroatoms. The van der Waals surface area contributed by atoms with E-state index in [1.165, 1.54) is 0 Å². The van der Waals surface area contributed by atoms with Crippen molar-refractivity contribution in [3.8, 4) is 11.5 Å². The van der Waals surface area contributed by atoms with Gasteiger partial charge in [-0.3, -0.25) is 0 Å². The monoisotopic (exact) mass is 179 g/mol. The summed E-state index contributed by atoms with van der Waals surface area (Å²) < 4.78 is 10.5. The van der Waals surface area contributed by atoms with E-state index in [0.29, 0.717) is 12.7 Å². The van der Waals surface area contributed by atoms with Crippen molar-refractivity contribution in [2.75, 3.05) is 12.5 Å². The predicted octanol–water partition coefficient (Wildman–Crippen LogP) is 2.12. The lowest BCUT2D eigenvalue weighted by Gasteiger charge is -2.09. The van der Waals surface area contributed by atoms with Crippen LogP contribution in [0.3, 0.4) is 0 Å². The SMILES string of the molecule is CC(C)c1cc2c(cc1N)OCO2. The molecule has 1 aromatic rings. The molecule has 0 fully saturated rings. The molecule has 3 nitrogen and oxygen atoms in total. The molecule has 0 aromatic heterocycles. The Kier molecular flexibility index (Phi) is 1.79. The van der Waals surface area contributed by atoms with Gasteiger partial charge in [-0.15, -0.1) is 0 Å². The van der Waals surface area contributed by atoms with E-state index in [1.54, 1.807) is 0 Å². The molecule has 70 valence electrons. The van der Waals surface area contributed by atoms with Crippen molar-refractivity contribution >= 4 is 5.69 Å². The van der Waals surface area contributed by atoms with Crippen LogP contribution in [0.15, 0.2) is 12.1 Å². The van der Waals surface area contributed by atoms with Crippen LogP contribution in [-0.4, -0.2) is 6.79 Å². The maximum absolute atomic E-state index is 5.86. The van der Waals surface area contributed by atoms with Crippen LogP contribution < -0.4 is 15.2 Å². The Bertz CT molecular complexity index is 334. The lowest BCUT2D eigenvalue weighted by Crippen LogP contribution is -1.96. The van der Waals surface area contributed by atoms with E-state index in [2.05, 4.69) is 13.8 Å². The third-order valence-corrected chi connectivity index (χ3v) is 2.20. The van der Waals surface area contributed by atoms with Gasteiger partial charge in [0, 0.05) is 11.8 Å². The number of ether oxygens (including phenoxy) is 2.